The van der Waals surface area contributed by atoms with Crippen LogP contribution in [0.1, 0.15) is 18.4 Å². The molecule has 0 bridgehead atoms. The third-order valence-electron chi connectivity index (χ3n) is 1.78. The van der Waals surface area contributed by atoms with E-state index in [4.69, 9.17) is 0 Å². The highest BCUT2D eigenvalue weighted by molar-refractivity contribution is 5.77. The minimum absolute atomic E-state index is 0.396. The molecular formula is C9H10FNO2. The third-order valence-corrected chi connectivity index (χ3v) is 1.78. The number of nitrogens with zero attached hydrogens (tertiary/aromatic N) is 1. The lowest BCUT2D eigenvalue weighted by atomic mass is 10.0. The predicted molar refractivity (Wildman–Crippen MR) is 44.6 cm³/mol. The highest BCUT2D eigenvalue weighted by Crippen LogP contribution is 2.15. The second-order valence-corrected chi connectivity index (χ2v) is 2.68. The van der Waals surface area contributed by atoms with Gasteiger partial charge in [-0.1, -0.05) is 0 Å². The zero-order valence-corrected chi connectivity index (χ0v) is 7.45. The van der Waals surface area contributed by atoms with Gasteiger partial charge in [-0.3, -0.25) is 9.78 Å². The molecule has 0 fully saturated rings. The Morgan fingerprint density at radius 1 is 1.62 bits per heavy atom. The van der Waals surface area contributed by atoms with E-state index in [9.17, 15) is 9.18 Å². The number of carbonyl (C=O) groups is 1. The van der Waals surface area contributed by atoms with Gasteiger partial charge >= 0.3 is 5.97 Å². The van der Waals surface area contributed by atoms with Crippen molar-refractivity contribution in [2.75, 3.05) is 7.11 Å². The van der Waals surface area contributed by atoms with Crippen LogP contribution in [-0.4, -0.2) is 18.1 Å². The highest BCUT2D eigenvalue weighted by atomic mass is 19.1. The van der Waals surface area contributed by atoms with Crippen LogP contribution in [0.3, 0.4) is 0 Å². The largest absolute Gasteiger partial charge is 0.469 e. The number of rotatable bonds is 2. The molecule has 0 N–H and O–H groups in total. The summed E-state index contributed by atoms with van der Waals surface area (Å²) in [5.41, 5.74) is 0.520. The van der Waals surface area contributed by atoms with E-state index < -0.39 is 17.7 Å². The van der Waals surface area contributed by atoms with Crippen LogP contribution in [0.15, 0.2) is 18.5 Å². The van der Waals surface area contributed by atoms with E-state index in [-0.39, 0.29) is 0 Å². The number of esters is 1. The van der Waals surface area contributed by atoms with Gasteiger partial charge in [-0.25, -0.2) is 4.39 Å². The van der Waals surface area contributed by atoms with Crippen molar-refractivity contribution in [3.63, 3.8) is 0 Å². The van der Waals surface area contributed by atoms with Gasteiger partial charge < -0.3 is 4.74 Å². The molecule has 0 saturated heterocycles. The number of ether oxygens (including phenoxy) is 1. The van der Waals surface area contributed by atoms with E-state index >= 15 is 0 Å². The van der Waals surface area contributed by atoms with E-state index in [0.29, 0.717) is 5.56 Å². The summed E-state index contributed by atoms with van der Waals surface area (Å²) in [6.45, 7) is 1.64. The minimum atomic E-state index is -0.479. The molecule has 1 aromatic heterocycles. The predicted octanol–water partition coefficient (Wildman–Crippen LogP) is 1.50. The van der Waals surface area contributed by atoms with Crippen molar-refractivity contribution in [2.45, 2.75) is 12.8 Å². The van der Waals surface area contributed by atoms with E-state index in [1.807, 2.05) is 0 Å². The Bertz CT molecular complexity index is 314. The fourth-order valence-corrected chi connectivity index (χ4v) is 0.978. The molecule has 70 valence electrons. The summed E-state index contributed by atoms with van der Waals surface area (Å²) in [5.74, 6) is -1.33. The van der Waals surface area contributed by atoms with Crippen molar-refractivity contribution in [1.82, 2.24) is 4.98 Å². The summed E-state index contributed by atoms with van der Waals surface area (Å²) >= 11 is 0. The van der Waals surface area contributed by atoms with Gasteiger partial charge in [0.25, 0.3) is 0 Å². The van der Waals surface area contributed by atoms with Crippen LogP contribution in [0.5, 0.6) is 0 Å². The maximum Gasteiger partial charge on any atom is 0.312 e. The van der Waals surface area contributed by atoms with Gasteiger partial charge in [0.2, 0.25) is 0 Å². The Morgan fingerprint density at radius 3 is 2.85 bits per heavy atom. The van der Waals surface area contributed by atoms with E-state index in [2.05, 4.69) is 9.72 Å². The van der Waals surface area contributed by atoms with E-state index in [1.165, 1.54) is 19.4 Å². The first-order valence-electron chi connectivity index (χ1n) is 3.83. The van der Waals surface area contributed by atoms with Gasteiger partial charge in [0.15, 0.2) is 0 Å². The Hall–Kier alpha value is -1.45. The quantitative estimate of drug-likeness (QED) is 0.652. The average Bonchev–Trinajstić information content (AvgIpc) is 2.15. The van der Waals surface area contributed by atoms with Crippen molar-refractivity contribution in [3.05, 3.63) is 29.8 Å². The zero-order valence-electron chi connectivity index (χ0n) is 7.45. The lowest BCUT2D eigenvalue weighted by Gasteiger charge is -2.07. The molecule has 13 heavy (non-hydrogen) atoms. The molecule has 4 heteroatoms. The number of aromatic nitrogens is 1. The van der Waals surface area contributed by atoms with Crippen LogP contribution in [-0.2, 0) is 9.53 Å². The van der Waals surface area contributed by atoms with E-state index in [1.54, 1.807) is 6.92 Å². The lowest BCUT2D eigenvalue weighted by Crippen LogP contribution is -2.11. The second kappa shape index (κ2) is 3.98. The number of carbonyl (C=O) groups excluding carboxylic acids is 1. The summed E-state index contributed by atoms with van der Waals surface area (Å²) in [6, 6.07) is 1.27. The van der Waals surface area contributed by atoms with Crippen LogP contribution < -0.4 is 0 Å². The molecule has 3 nitrogen and oxygen atoms in total. The smallest absolute Gasteiger partial charge is 0.312 e. The number of methoxy groups -OCH3 is 1. The standard InChI is InChI=1S/C9H10FNO2/c1-6(9(12)13-2)7-3-8(10)5-11-4-7/h3-6H,1-2H3/t6-/m0/s1. The van der Waals surface area contributed by atoms with Gasteiger partial charge in [-0.15, -0.1) is 0 Å². The normalized spacial score (nSPS) is 12.2. The molecule has 0 aromatic carbocycles. The molecule has 1 heterocycles. The van der Waals surface area contributed by atoms with Gasteiger partial charge in [-0.2, -0.15) is 0 Å². The molecule has 0 aliphatic heterocycles. The Kier molecular flexibility index (Phi) is 2.95. The summed E-state index contributed by atoms with van der Waals surface area (Å²) in [4.78, 5) is 14.7. The molecule has 0 unspecified atom stereocenters. The molecule has 0 aliphatic rings. The second-order valence-electron chi connectivity index (χ2n) is 2.68. The van der Waals surface area contributed by atoms with E-state index in [0.717, 1.165) is 6.20 Å². The molecule has 0 aliphatic carbocycles. The first kappa shape index (κ1) is 9.64. The Labute approximate surface area is 75.6 Å². The number of halogens is 1. The molecule has 1 atom stereocenters. The van der Waals surface area contributed by atoms with Gasteiger partial charge in [0.05, 0.1) is 19.2 Å². The molecule has 0 saturated carbocycles. The Morgan fingerprint density at radius 2 is 2.31 bits per heavy atom. The molecule has 0 spiro atoms. The summed E-state index contributed by atoms with van der Waals surface area (Å²) in [7, 11) is 1.30. The molecule has 1 rings (SSSR count). The number of hydrogen-bond donors (Lipinski definition) is 0. The van der Waals surface area contributed by atoms with Gasteiger partial charge in [0, 0.05) is 6.20 Å². The van der Waals surface area contributed by atoms with Gasteiger partial charge in [-0.05, 0) is 18.6 Å². The average molecular weight is 183 g/mol. The Balaban J connectivity index is 2.88. The zero-order chi connectivity index (χ0) is 9.84. The number of hydrogen-bond acceptors (Lipinski definition) is 3. The molecule has 1 aromatic rings. The van der Waals surface area contributed by atoms with Crippen molar-refractivity contribution >= 4 is 5.97 Å². The van der Waals surface area contributed by atoms with Crippen LogP contribution in [0, 0.1) is 5.82 Å². The number of pyridine rings is 1. The highest BCUT2D eigenvalue weighted by Gasteiger charge is 2.15. The van der Waals surface area contributed by atoms with Crippen molar-refractivity contribution in [2.24, 2.45) is 0 Å². The topological polar surface area (TPSA) is 39.2 Å². The summed E-state index contributed by atoms with van der Waals surface area (Å²) < 4.78 is 17.2. The molecule has 0 amide bonds. The van der Waals surface area contributed by atoms with Crippen LogP contribution in [0.2, 0.25) is 0 Å². The maximum atomic E-state index is 12.7. The van der Waals surface area contributed by atoms with Gasteiger partial charge in [0.1, 0.15) is 5.82 Å². The maximum absolute atomic E-state index is 12.7. The van der Waals surface area contributed by atoms with Crippen molar-refractivity contribution < 1.29 is 13.9 Å². The summed E-state index contributed by atoms with van der Waals surface area (Å²) in [6.07, 6.45) is 2.54. The fourth-order valence-electron chi connectivity index (χ4n) is 0.978. The monoisotopic (exact) mass is 183 g/mol. The first-order chi connectivity index (χ1) is 6.15. The SMILES string of the molecule is COC(=O)[C@@H](C)c1cncc(F)c1. The van der Waals surface area contributed by atoms with Crippen molar-refractivity contribution in [1.29, 1.82) is 0 Å². The third kappa shape index (κ3) is 2.24. The minimum Gasteiger partial charge on any atom is -0.469 e. The lowest BCUT2D eigenvalue weighted by molar-refractivity contribution is -0.142. The summed E-state index contributed by atoms with van der Waals surface area (Å²) in [5, 5.41) is 0. The fraction of sp³-hybridized carbons (Fsp3) is 0.333. The molecule has 0 radical (unpaired) electrons. The van der Waals surface area contributed by atoms with Crippen LogP contribution in [0.4, 0.5) is 4.39 Å². The van der Waals surface area contributed by atoms with Crippen molar-refractivity contribution in [3.8, 4) is 0 Å². The van der Waals surface area contributed by atoms with Crippen LogP contribution in [0.25, 0.3) is 0 Å². The molecular weight excluding hydrogens is 173 g/mol. The first-order valence-corrected chi connectivity index (χ1v) is 3.83. The van der Waals surface area contributed by atoms with Crippen LogP contribution >= 0.6 is 0 Å².